The van der Waals surface area contributed by atoms with Gasteiger partial charge in [-0.25, -0.2) is 4.79 Å². The molecule has 0 saturated carbocycles. The van der Waals surface area contributed by atoms with Crippen molar-refractivity contribution in [2.24, 2.45) is 0 Å². The van der Waals surface area contributed by atoms with Crippen molar-refractivity contribution in [1.29, 1.82) is 0 Å². The Labute approximate surface area is 123 Å². The van der Waals surface area contributed by atoms with Gasteiger partial charge in [-0.15, -0.1) is 0 Å². The van der Waals surface area contributed by atoms with E-state index in [0.29, 0.717) is 0 Å². The van der Waals surface area contributed by atoms with Crippen molar-refractivity contribution in [2.75, 3.05) is 0 Å². The van der Waals surface area contributed by atoms with E-state index in [1.807, 2.05) is 0 Å². The Morgan fingerprint density at radius 2 is 2.05 bits per heavy atom. The molecule has 2 rings (SSSR count). The molecular formula is C13H12N2O7. The SMILES string of the molecule is O=C(O)CCC(C(=O)O)N1Cc2c(cccc2[N+](=O)[O-])C1=O. The first kappa shape index (κ1) is 15.4. The second kappa shape index (κ2) is 5.80. The highest BCUT2D eigenvalue weighted by Crippen LogP contribution is 2.32. The molecule has 0 spiro atoms. The van der Waals surface area contributed by atoms with Gasteiger partial charge in [0.25, 0.3) is 11.6 Å². The summed E-state index contributed by atoms with van der Waals surface area (Å²) in [7, 11) is 0. The summed E-state index contributed by atoms with van der Waals surface area (Å²) in [6, 6.07) is 2.64. The van der Waals surface area contributed by atoms with Gasteiger partial charge >= 0.3 is 11.9 Å². The van der Waals surface area contributed by atoms with Gasteiger partial charge in [-0.2, -0.15) is 0 Å². The van der Waals surface area contributed by atoms with Gasteiger partial charge in [0.1, 0.15) is 6.04 Å². The zero-order valence-electron chi connectivity index (χ0n) is 11.3. The maximum Gasteiger partial charge on any atom is 0.326 e. The fraction of sp³-hybridized carbons (Fsp3) is 0.308. The number of nitro benzene ring substituents is 1. The van der Waals surface area contributed by atoms with Crippen molar-refractivity contribution in [1.82, 2.24) is 4.90 Å². The molecule has 2 N–H and O–H groups in total. The zero-order chi connectivity index (χ0) is 16.4. The van der Waals surface area contributed by atoms with Crippen LogP contribution < -0.4 is 0 Å². The predicted molar refractivity (Wildman–Crippen MR) is 71.3 cm³/mol. The second-order valence-electron chi connectivity index (χ2n) is 4.78. The average Bonchev–Trinajstić information content (AvgIpc) is 2.76. The van der Waals surface area contributed by atoms with E-state index in [4.69, 9.17) is 5.11 Å². The summed E-state index contributed by atoms with van der Waals surface area (Å²) in [4.78, 5) is 45.4. The van der Waals surface area contributed by atoms with Crippen LogP contribution in [0.3, 0.4) is 0 Å². The summed E-state index contributed by atoms with van der Waals surface area (Å²) >= 11 is 0. The van der Waals surface area contributed by atoms with Crippen molar-refractivity contribution in [3.8, 4) is 0 Å². The van der Waals surface area contributed by atoms with E-state index in [9.17, 15) is 29.6 Å². The number of carboxylic acids is 2. The largest absolute Gasteiger partial charge is 0.481 e. The molecule has 0 fully saturated rings. The van der Waals surface area contributed by atoms with Crippen LogP contribution >= 0.6 is 0 Å². The molecule has 9 heteroatoms. The van der Waals surface area contributed by atoms with Gasteiger partial charge in [-0.1, -0.05) is 6.07 Å². The fourth-order valence-electron chi connectivity index (χ4n) is 2.43. The van der Waals surface area contributed by atoms with Crippen LogP contribution in [0.2, 0.25) is 0 Å². The molecule has 116 valence electrons. The van der Waals surface area contributed by atoms with Crippen LogP contribution in [0.4, 0.5) is 5.69 Å². The quantitative estimate of drug-likeness (QED) is 0.587. The van der Waals surface area contributed by atoms with Crippen LogP contribution in [-0.2, 0) is 16.1 Å². The molecule has 0 saturated heterocycles. The van der Waals surface area contributed by atoms with Crippen molar-refractivity contribution >= 4 is 23.5 Å². The maximum absolute atomic E-state index is 12.3. The van der Waals surface area contributed by atoms with Gasteiger partial charge in [0.15, 0.2) is 0 Å². The van der Waals surface area contributed by atoms with Gasteiger partial charge in [0.2, 0.25) is 0 Å². The highest BCUT2D eigenvalue weighted by molar-refractivity contribution is 6.01. The molecule has 1 aromatic rings. The van der Waals surface area contributed by atoms with E-state index >= 15 is 0 Å². The van der Waals surface area contributed by atoms with Crippen molar-refractivity contribution in [2.45, 2.75) is 25.4 Å². The van der Waals surface area contributed by atoms with Crippen LogP contribution in [0.1, 0.15) is 28.8 Å². The normalized spacial score (nSPS) is 14.5. The van der Waals surface area contributed by atoms with E-state index in [1.165, 1.54) is 18.2 Å². The van der Waals surface area contributed by atoms with Crippen molar-refractivity contribution < 1.29 is 29.5 Å². The van der Waals surface area contributed by atoms with Crippen LogP contribution in [-0.4, -0.2) is 43.9 Å². The number of carbonyl (C=O) groups excluding carboxylic acids is 1. The molecule has 1 aliphatic rings. The summed E-state index contributed by atoms with van der Waals surface area (Å²) in [6.45, 7) is -0.220. The minimum Gasteiger partial charge on any atom is -0.481 e. The number of hydrogen-bond donors (Lipinski definition) is 2. The summed E-state index contributed by atoms with van der Waals surface area (Å²) in [6.07, 6.45) is -0.683. The fourth-order valence-corrected chi connectivity index (χ4v) is 2.43. The van der Waals surface area contributed by atoms with Gasteiger partial charge in [0, 0.05) is 12.5 Å². The first-order valence-corrected chi connectivity index (χ1v) is 6.34. The summed E-state index contributed by atoms with van der Waals surface area (Å²) < 4.78 is 0. The molecule has 1 aromatic carbocycles. The number of aliphatic carboxylic acids is 2. The molecule has 1 aliphatic heterocycles. The van der Waals surface area contributed by atoms with E-state index in [0.717, 1.165) is 4.90 Å². The number of carbonyl (C=O) groups is 3. The number of hydrogen-bond acceptors (Lipinski definition) is 5. The summed E-state index contributed by atoms with van der Waals surface area (Å²) in [5.41, 5.74) is -0.0226. The minimum absolute atomic E-state index is 0.0794. The Morgan fingerprint density at radius 3 is 2.59 bits per heavy atom. The molecule has 1 heterocycles. The third-order valence-electron chi connectivity index (χ3n) is 3.46. The third kappa shape index (κ3) is 2.73. The zero-order valence-corrected chi connectivity index (χ0v) is 11.3. The van der Waals surface area contributed by atoms with Crippen LogP contribution in [0.25, 0.3) is 0 Å². The Balaban J connectivity index is 2.33. The number of benzene rings is 1. The third-order valence-corrected chi connectivity index (χ3v) is 3.46. The van der Waals surface area contributed by atoms with E-state index < -0.39 is 35.2 Å². The standard InChI is InChI=1S/C13H12N2O7/c16-11(17)5-4-10(13(19)20)14-6-8-7(12(14)18)2-1-3-9(8)15(21)22/h1-3,10H,4-6H2,(H,16,17)(H,19,20). The van der Waals surface area contributed by atoms with Gasteiger partial charge < -0.3 is 15.1 Å². The predicted octanol–water partition coefficient (Wildman–Crippen LogP) is 0.869. The smallest absolute Gasteiger partial charge is 0.326 e. The minimum atomic E-state index is -1.34. The molecule has 9 nitrogen and oxygen atoms in total. The van der Waals surface area contributed by atoms with Gasteiger partial charge in [-0.05, 0) is 12.5 Å². The number of amides is 1. The molecular weight excluding hydrogens is 296 g/mol. The summed E-state index contributed by atoms with van der Waals surface area (Å²) in [5, 5.41) is 28.8. The lowest BCUT2D eigenvalue weighted by Crippen LogP contribution is -2.41. The molecule has 1 atom stereocenters. The van der Waals surface area contributed by atoms with Crippen molar-refractivity contribution in [3.05, 3.63) is 39.4 Å². The van der Waals surface area contributed by atoms with E-state index in [1.54, 1.807) is 0 Å². The van der Waals surface area contributed by atoms with Crippen LogP contribution in [0.5, 0.6) is 0 Å². The first-order valence-electron chi connectivity index (χ1n) is 6.34. The van der Waals surface area contributed by atoms with Crippen LogP contribution in [0.15, 0.2) is 18.2 Å². The Hall–Kier alpha value is -2.97. The van der Waals surface area contributed by atoms with E-state index in [-0.39, 0.29) is 29.8 Å². The Bertz CT molecular complexity index is 670. The average molecular weight is 308 g/mol. The molecule has 0 aromatic heterocycles. The van der Waals surface area contributed by atoms with E-state index in [2.05, 4.69) is 0 Å². The topological polar surface area (TPSA) is 138 Å². The number of fused-ring (bicyclic) bond motifs is 1. The van der Waals surface area contributed by atoms with Gasteiger partial charge in [-0.3, -0.25) is 19.7 Å². The highest BCUT2D eigenvalue weighted by Gasteiger charge is 2.39. The lowest BCUT2D eigenvalue weighted by atomic mass is 10.1. The Morgan fingerprint density at radius 1 is 1.36 bits per heavy atom. The second-order valence-corrected chi connectivity index (χ2v) is 4.78. The molecule has 1 unspecified atom stereocenters. The monoisotopic (exact) mass is 308 g/mol. The first-order chi connectivity index (χ1) is 10.3. The van der Waals surface area contributed by atoms with Crippen molar-refractivity contribution in [3.63, 3.8) is 0 Å². The maximum atomic E-state index is 12.3. The lowest BCUT2D eigenvalue weighted by molar-refractivity contribution is -0.385. The summed E-state index contributed by atoms with van der Waals surface area (Å²) in [5.74, 6) is -3.16. The number of nitrogens with zero attached hydrogens (tertiary/aromatic N) is 2. The molecule has 0 aliphatic carbocycles. The molecule has 0 radical (unpaired) electrons. The highest BCUT2D eigenvalue weighted by atomic mass is 16.6. The molecule has 1 amide bonds. The Kier molecular flexibility index (Phi) is 4.06. The molecule has 22 heavy (non-hydrogen) atoms. The number of rotatable bonds is 6. The lowest BCUT2D eigenvalue weighted by Gasteiger charge is -2.23. The number of carboxylic acid groups (broad SMARTS) is 2. The molecule has 0 bridgehead atoms. The van der Waals surface area contributed by atoms with Crippen LogP contribution in [0, 0.1) is 10.1 Å². The van der Waals surface area contributed by atoms with Gasteiger partial charge in [0.05, 0.1) is 22.6 Å². The number of nitro groups is 1.